The average molecular weight is 293 g/mol. The predicted octanol–water partition coefficient (Wildman–Crippen LogP) is 0.975. The molecule has 21 heavy (non-hydrogen) atoms. The van der Waals surface area contributed by atoms with Crippen LogP contribution in [0.2, 0.25) is 0 Å². The van der Waals surface area contributed by atoms with Gasteiger partial charge in [0.05, 0.1) is 0 Å². The van der Waals surface area contributed by atoms with Crippen LogP contribution in [0, 0.1) is 11.8 Å². The predicted molar refractivity (Wildman–Crippen MR) is 80.4 cm³/mol. The number of likely N-dealkylation sites (tertiary alicyclic amines) is 2. The van der Waals surface area contributed by atoms with Crippen molar-refractivity contribution in [3.8, 4) is 0 Å². The minimum Gasteiger partial charge on any atom is -0.342 e. The number of piperidine rings is 1. The van der Waals surface area contributed by atoms with Gasteiger partial charge in [-0.25, -0.2) is 0 Å². The van der Waals surface area contributed by atoms with Gasteiger partial charge in [0, 0.05) is 38.0 Å². The summed E-state index contributed by atoms with van der Waals surface area (Å²) in [4.78, 5) is 28.5. The number of hydrogen-bond donors (Lipinski definition) is 1. The Balaban J connectivity index is 1.53. The zero-order valence-corrected chi connectivity index (χ0v) is 12.8. The topological polar surface area (TPSA) is 66.6 Å². The van der Waals surface area contributed by atoms with E-state index < -0.39 is 0 Å². The zero-order valence-electron chi connectivity index (χ0n) is 12.8. The molecular formula is C16H27N3O2. The molecule has 118 valence electrons. The van der Waals surface area contributed by atoms with Gasteiger partial charge in [-0.1, -0.05) is 6.42 Å². The van der Waals surface area contributed by atoms with E-state index in [0.717, 1.165) is 58.2 Å². The first kappa shape index (κ1) is 14.8. The Labute approximate surface area is 126 Å². The molecule has 0 aromatic heterocycles. The first-order valence-electron chi connectivity index (χ1n) is 8.49. The van der Waals surface area contributed by atoms with E-state index in [1.807, 2.05) is 9.80 Å². The number of carbonyl (C=O) groups is 2. The lowest BCUT2D eigenvalue weighted by atomic mass is 9.93. The number of nitrogens with two attached hydrogens (primary N) is 1. The van der Waals surface area contributed by atoms with Crippen molar-refractivity contribution in [1.29, 1.82) is 0 Å². The summed E-state index contributed by atoms with van der Waals surface area (Å²) in [6, 6.07) is 0.359. The minimum absolute atomic E-state index is 0.153. The molecule has 3 fully saturated rings. The van der Waals surface area contributed by atoms with Crippen molar-refractivity contribution in [3.05, 3.63) is 0 Å². The third-order valence-electron chi connectivity index (χ3n) is 5.61. The third kappa shape index (κ3) is 2.93. The van der Waals surface area contributed by atoms with Crippen LogP contribution < -0.4 is 5.73 Å². The Kier molecular flexibility index (Phi) is 4.48. The van der Waals surface area contributed by atoms with Gasteiger partial charge in [-0.15, -0.1) is 0 Å². The second-order valence-corrected chi connectivity index (χ2v) is 6.78. The molecule has 0 aromatic carbocycles. The summed E-state index contributed by atoms with van der Waals surface area (Å²) in [5.74, 6) is 1.16. The first-order valence-corrected chi connectivity index (χ1v) is 8.49. The van der Waals surface area contributed by atoms with Gasteiger partial charge in [0.15, 0.2) is 0 Å². The molecule has 0 unspecified atom stereocenters. The summed E-state index contributed by atoms with van der Waals surface area (Å²) in [6.45, 7) is 3.16. The second-order valence-electron chi connectivity index (χ2n) is 6.78. The Hall–Kier alpha value is -1.10. The molecule has 2 heterocycles. The van der Waals surface area contributed by atoms with Crippen LogP contribution in [0.5, 0.6) is 0 Å². The van der Waals surface area contributed by atoms with Gasteiger partial charge in [-0.3, -0.25) is 9.59 Å². The molecule has 2 aliphatic heterocycles. The molecule has 5 nitrogen and oxygen atoms in total. The lowest BCUT2D eigenvalue weighted by Crippen LogP contribution is -2.49. The van der Waals surface area contributed by atoms with Crippen molar-refractivity contribution in [1.82, 2.24) is 9.80 Å². The molecular weight excluding hydrogens is 266 g/mol. The van der Waals surface area contributed by atoms with E-state index in [9.17, 15) is 9.59 Å². The van der Waals surface area contributed by atoms with Gasteiger partial charge in [0.1, 0.15) is 0 Å². The summed E-state index contributed by atoms with van der Waals surface area (Å²) in [6.07, 6.45) is 6.83. The van der Waals surface area contributed by atoms with E-state index >= 15 is 0 Å². The maximum absolute atomic E-state index is 12.7. The first-order chi connectivity index (χ1) is 10.2. The molecule has 0 bridgehead atoms. The fourth-order valence-corrected chi connectivity index (χ4v) is 4.33. The van der Waals surface area contributed by atoms with E-state index in [-0.39, 0.29) is 5.92 Å². The highest BCUT2D eigenvalue weighted by molar-refractivity contribution is 5.80. The van der Waals surface area contributed by atoms with E-state index in [4.69, 9.17) is 5.73 Å². The highest BCUT2D eigenvalue weighted by Gasteiger charge is 2.37. The van der Waals surface area contributed by atoms with Gasteiger partial charge >= 0.3 is 0 Å². The molecule has 0 spiro atoms. The molecule has 2 N–H and O–H groups in total. The number of hydrogen-bond acceptors (Lipinski definition) is 3. The molecule has 2 saturated heterocycles. The van der Waals surface area contributed by atoms with Crippen LogP contribution in [-0.4, -0.2) is 53.8 Å². The van der Waals surface area contributed by atoms with Gasteiger partial charge in [-0.2, -0.15) is 0 Å². The fraction of sp³-hybridized carbons (Fsp3) is 0.875. The lowest BCUT2D eigenvalue weighted by Gasteiger charge is -2.38. The maximum atomic E-state index is 12.7. The van der Waals surface area contributed by atoms with Gasteiger partial charge in [0.25, 0.3) is 0 Å². The van der Waals surface area contributed by atoms with Crippen LogP contribution in [0.4, 0.5) is 0 Å². The van der Waals surface area contributed by atoms with E-state index in [1.165, 1.54) is 0 Å². The van der Waals surface area contributed by atoms with Gasteiger partial charge in [-0.05, 0) is 44.6 Å². The number of rotatable bonds is 3. The normalized spacial score (nSPS) is 31.2. The van der Waals surface area contributed by atoms with Crippen LogP contribution in [0.15, 0.2) is 0 Å². The molecule has 2 amide bonds. The monoisotopic (exact) mass is 293 g/mol. The van der Waals surface area contributed by atoms with Crippen LogP contribution in [-0.2, 0) is 9.59 Å². The van der Waals surface area contributed by atoms with E-state index in [1.54, 1.807) is 0 Å². The lowest BCUT2D eigenvalue weighted by molar-refractivity contribution is -0.139. The Morgan fingerprint density at radius 1 is 1.10 bits per heavy atom. The van der Waals surface area contributed by atoms with Crippen molar-refractivity contribution < 1.29 is 9.59 Å². The third-order valence-corrected chi connectivity index (χ3v) is 5.61. The largest absolute Gasteiger partial charge is 0.342 e. The van der Waals surface area contributed by atoms with Crippen molar-refractivity contribution in [2.75, 3.05) is 26.2 Å². The number of amides is 2. The van der Waals surface area contributed by atoms with Crippen molar-refractivity contribution >= 4 is 11.8 Å². The van der Waals surface area contributed by atoms with Gasteiger partial charge < -0.3 is 15.5 Å². The molecule has 0 aromatic rings. The van der Waals surface area contributed by atoms with Crippen molar-refractivity contribution in [2.45, 2.75) is 51.0 Å². The molecule has 1 saturated carbocycles. The smallest absolute Gasteiger partial charge is 0.226 e. The summed E-state index contributed by atoms with van der Waals surface area (Å²) in [5, 5.41) is 0. The van der Waals surface area contributed by atoms with E-state index in [0.29, 0.717) is 36.7 Å². The standard InChI is InChI=1S/C16H27N3O2/c17-11-12-3-1-4-14(12)16(21)18-9-6-13(7-10-18)19-8-2-5-15(19)20/h12-14H,1-11,17H2/t12-,14-/m1/s1. The quantitative estimate of drug-likeness (QED) is 0.843. The maximum Gasteiger partial charge on any atom is 0.226 e. The van der Waals surface area contributed by atoms with Crippen LogP contribution in [0.1, 0.15) is 44.9 Å². The number of carbonyl (C=O) groups excluding carboxylic acids is 2. The average Bonchev–Trinajstić information content (AvgIpc) is 3.15. The Morgan fingerprint density at radius 3 is 2.48 bits per heavy atom. The van der Waals surface area contributed by atoms with Crippen molar-refractivity contribution in [2.24, 2.45) is 17.6 Å². The molecule has 5 heteroatoms. The summed E-state index contributed by atoms with van der Waals surface area (Å²) >= 11 is 0. The molecule has 2 atom stereocenters. The second kappa shape index (κ2) is 6.34. The van der Waals surface area contributed by atoms with E-state index in [2.05, 4.69) is 0 Å². The van der Waals surface area contributed by atoms with Crippen LogP contribution in [0.25, 0.3) is 0 Å². The van der Waals surface area contributed by atoms with Crippen LogP contribution >= 0.6 is 0 Å². The Bertz CT molecular complexity index is 404. The summed E-state index contributed by atoms with van der Waals surface area (Å²) in [7, 11) is 0. The summed E-state index contributed by atoms with van der Waals surface area (Å²) in [5.41, 5.74) is 5.80. The molecule has 0 radical (unpaired) electrons. The highest BCUT2D eigenvalue weighted by Crippen LogP contribution is 2.33. The number of nitrogens with zero attached hydrogens (tertiary/aromatic N) is 2. The fourth-order valence-electron chi connectivity index (χ4n) is 4.33. The van der Waals surface area contributed by atoms with Crippen molar-refractivity contribution in [3.63, 3.8) is 0 Å². The molecule has 3 aliphatic rings. The van der Waals surface area contributed by atoms with Gasteiger partial charge in [0.2, 0.25) is 11.8 Å². The Morgan fingerprint density at radius 2 is 1.86 bits per heavy atom. The molecule has 3 rings (SSSR count). The SMILES string of the molecule is NC[C@H]1CCC[C@H]1C(=O)N1CCC(N2CCCC2=O)CC1. The highest BCUT2D eigenvalue weighted by atomic mass is 16.2. The zero-order chi connectivity index (χ0) is 14.8. The minimum atomic E-state index is 0.153. The van der Waals surface area contributed by atoms with Crippen LogP contribution in [0.3, 0.4) is 0 Å². The molecule has 1 aliphatic carbocycles. The summed E-state index contributed by atoms with van der Waals surface area (Å²) < 4.78 is 0.